The zero-order valence-electron chi connectivity index (χ0n) is 20.1. The first-order valence-corrected chi connectivity index (χ1v) is 12.7. The minimum absolute atomic E-state index is 0.253. The molecule has 0 saturated carbocycles. The third-order valence-corrected chi connectivity index (χ3v) is 5.77. The molecule has 192 valence electrons. The molecule has 0 radical (unpaired) electrons. The molecule has 12 heteroatoms. The number of phosphoric ester groups is 1. The molecule has 0 fully saturated rings. The average Bonchev–Trinajstić information content (AvgIpc) is 3.20. The lowest BCUT2D eigenvalue weighted by atomic mass is 10.0. The van der Waals surface area contributed by atoms with E-state index in [1.54, 1.807) is 42.7 Å². The van der Waals surface area contributed by atoms with Crippen LogP contribution >= 0.6 is 7.82 Å². The Balaban J connectivity index is 1.70. The maximum Gasteiger partial charge on any atom is 0.471 e. The number of rotatable bonds is 9. The first-order valence-electron chi connectivity index (χ1n) is 11.1. The molecule has 10 nitrogen and oxygen atoms in total. The van der Waals surface area contributed by atoms with Gasteiger partial charge in [-0.25, -0.2) is 14.5 Å². The Kier molecular flexibility index (Phi) is 7.91. The molecular weight excluding hydrogens is 500 g/mol. The number of benzene rings is 1. The van der Waals surface area contributed by atoms with Crippen LogP contribution in [0.1, 0.15) is 0 Å². The molecule has 3 aromatic heterocycles. The first-order chi connectivity index (χ1) is 17.6. The van der Waals surface area contributed by atoms with Crippen LogP contribution in [-0.4, -0.2) is 55.8 Å². The number of pyridine rings is 2. The Hall–Kier alpha value is -3.73. The molecule has 3 N–H and O–H groups in total. The lowest BCUT2D eigenvalue weighted by molar-refractivity contribution is -0.111. The molecule has 4 rings (SSSR count). The SMILES string of the molecule is CN(C)C/C=C/C(=O)Nc1cccc(-c2cnc3c(c2)c(-c2ccnc(F)c2)cn3COP(=O)(O)O)c1. The number of carbonyl (C=O) groups excluding carboxylic acids is 1. The summed E-state index contributed by atoms with van der Waals surface area (Å²) in [6.45, 7) is 0.186. The molecule has 37 heavy (non-hydrogen) atoms. The van der Waals surface area contributed by atoms with Gasteiger partial charge in [-0.2, -0.15) is 4.39 Å². The van der Waals surface area contributed by atoms with Crippen molar-refractivity contribution in [3.63, 3.8) is 0 Å². The largest absolute Gasteiger partial charge is 0.471 e. The van der Waals surface area contributed by atoms with Gasteiger partial charge in [-0.3, -0.25) is 9.32 Å². The fourth-order valence-corrected chi connectivity index (χ4v) is 3.97. The fraction of sp³-hybridized carbons (Fsp3) is 0.160. The summed E-state index contributed by atoms with van der Waals surface area (Å²) < 4.78 is 31.2. The van der Waals surface area contributed by atoms with Crippen LogP contribution in [-0.2, 0) is 20.6 Å². The van der Waals surface area contributed by atoms with Crippen LogP contribution in [0.4, 0.5) is 10.1 Å². The van der Waals surface area contributed by atoms with Gasteiger partial charge >= 0.3 is 7.82 Å². The van der Waals surface area contributed by atoms with Crippen LogP contribution in [0.3, 0.4) is 0 Å². The molecule has 0 bridgehead atoms. The van der Waals surface area contributed by atoms with Gasteiger partial charge in [0, 0.05) is 59.5 Å². The Labute approximate surface area is 212 Å². The molecule has 4 aromatic rings. The zero-order chi connectivity index (χ0) is 26.6. The van der Waals surface area contributed by atoms with E-state index in [1.165, 1.54) is 22.9 Å². The van der Waals surface area contributed by atoms with Gasteiger partial charge < -0.3 is 24.6 Å². The second kappa shape index (κ2) is 11.1. The molecule has 0 saturated heterocycles. The van der Waals surface area contributed by atoms with E-state index in [2.05, 4.69) is 19.8 Å². The van der Waals surface area contributed by atoms with Gasteiger partial charge in [0.05, 0.1) is 0 Å². The summed E-state index contributed by atoms with van der Waals surface area (Å²) in [5.74, 6) is -0.922. The number of carbonyl (C=O) groups is 1. The van der Waals surface area contributed by atoms with Crippen molar-refractivity contribution in [2.75, 3.05) is 26.0 Å². The highest BCUT2D eigenvalue weighted by atomic mass is 31.2. The number of fused-ring (bicyclic) bond motifs is 1. The summed E-state index contributed by atoms with van der Waals surface area (Å²) in [4.78, 5) is 40.5. The number of anilines is 1. The van der Waals surface area contributed by atoms with Crippen LogP contribution in [0.25, 0.3) is 33.3 Å². The van der Waals surface area contributed by atoms with Gasteiger partial charge in [-0.1, -0.05) is 18.2 Å². The summed E-state index contributed by atoms with van der Waals surface area (Å²) >= 11 is 0. The van der Waals surface area contributed by atoms with E-state index in [9.17, 15) is 13.8 Å². The van der Waals surface area contributed by atoms with E-state index in [4.69, 9.17) is 9.79 Å². The summed E-state index contributed by atoms with van der Waals surface area (Å²) in [6, 6.07) is 12.0. The Morgan fingerprint density at radius 2 is 1.97 bits per heavy atom. The Morgan fingerprint density at radius 1 is 1.16 bits per heavy atom. The van der Waals surface area contributed by atoms with Crippen molar-refractivity contribution in [3.8, 4) is 22.3 Å². The van der Waals surface area contributed by atoms with Gasteiger partial charge in [-0.15, -0.1) is 0 Å². The highest BCUT2D eigenvalue weighted by Gasteiger charge is 2.18. The van der Waals surface area contributed by atoms with Crippen molar-refractivity contribution in [1.29, 1.82) is 0 Å². The minimum Gasteiger partial charge on any atom is -0.323 e. The number of amides is 1. The Morgan fingerprint density at radius 3 is 2.70 bits per heavy atom. The topological polar surface area (TPSA) is 130 Å². The van der Waals surface area contributed by atoms with E-state index in [-0.39, 0.29) is 5.91 Å². The van der Waals surface area contributed by atoms with E-state index in [0.717, 1.165) is 11.1 Å². The van der Waals surface area contributed by atoms with Crippen molar-refractivity contribution in [1.82, 2.24) is 19.4 Å². The molecule has 3 heterocycles. The number of hydrogen-bond acceptors (Lipinski definition) is 6. The Bertz CT molecular complexity index is 1510. The zero-order valence-corrected chi connectivity index (χ0v) is 21.0. The molecule has 0 aliphatic heterocycles. The van der Waals surface area contributed by atoms with Gasteiger partial charge in [0.2, 0.25) is 11.9 Å². The van der Waals surface area contributed by atoms with Gasteiger partial charge in [0.1, 0.15) is 12.4 Å². The standard InChI is InChI=1S/C25H25FN5O5P/c1-30(2)10-4-7-24(32)29-20-6-3-5-17(11-20)19-12-21-22(18-8-9-27-23(26)13-18)15-31(25(21)28-14-19)16-36-37(33,34)35/h3-9,11-15H,10,16H2,1-2H3,(H,29,32)(H2,33,34,35)/b7-4+. The van der Waals surface area contributed by atoms with Crippen molar-refractivity contribution in [3.05, 3.63) is 79.2 Å². The fourth-order valence-electron chi connectivity index (χ4n) is 3.70. The van der Waals surface area contributed by atoms with E-state index >= 15 is 0 Å². The molecule has 0 aliphatic carbocycles. The van der Waals surface area contributed by atoms with E-state index in [1.807, 2.05) is 31.1 Å². The third-order valence-electron chi connectivity index (χ3n) is 5.32. The summed E-state index contributed by atoms with van der Waals surface area (Å²) in [6.07, 6.45) is 7.76. The summed E-state index contributed by atoms with van der Waals surface area (Å²) in [5, 5.41) is 3.44. The van der Waals surface area contributed by atoms with E-state index < -0.39 is 20.5 Å². The van der Waals surface area contributed by atoms with Crippen LogP contribution < -0.4 is 5.32 Å². The lowest BCUT2D eigenvalue weighted by Crippen LogP contribution is -2.12. The van der Waals surface area contributed by atoms with Gasteiger partial charge in [-0.05, 0) is 49.5 Å². The van der Waals surface area contributed by atoms with Crippen LogP contribution in [0.5, 0.6) is 0 Å². The maximum atomic E-state index is 13.9. The summed E-state index contributed by atoms with van der Waals surface area (Å²) in [5.41, 5.74) is 3.57. The van der Waals surface area contributed by atoms with Crippen molar-refractivity contribution >= 4 is 30.5 Å². The van der Waals surface area contributed by atoms with Crippen molar-refractivity contribution in [2.45, 2.75) is 6.73 Å². The monoisotopic (exact) mass is 525 g/mol. The smallest absolute Gasteiger partial charge is 0.323 e. The predicted octanol–water partition coefficient (Wildman–Crippen LogP) is 4.03. The quantitative estimate of drug-likeness (QED) is 0.170. The second-order valence-electron chi connectivity index (χ2n) is 8.46. The number of halogens is 1. The third kappa shape index (κ3) is 6.94. The molecule has 0 aliphatic rings. The molecule has 0 atom stereocenters. The number of likely N-dealkylation sites (N-methyl/N-ethyl adjacent to an activating group) is 1. The molecule has 1 amide bonds. The second-order valence-corrected chi connectivity index (χ2v) is 9.70. The molecular formula is C25H25FN5O5P. The number of nitrogens with zero attached hydrogens (tertiary/aromatic N) is 4. The van der Waals surface area contributed by atoms with Crippen LogP contribution in [0.15, 0.2) is 73.2 Å². The van der Waals surface area contributed by atoms with Crippen molar-refractivity contribution in [2.24, 2.45) is 0 Å². The highest BCUT2D eigenvalue weighted by molar-refractivity contribution is 7.46. The van der Waals surface area contributed by atoms with Crippen LogP contribution in [0.2, 0.25) is 0 Å². The first kappa shape index (κ1) is 26.3. The lowest BCUT2D eigenvalue weighted by Gasteiger charge is -2.09. The van der Waals surface area contributed by atoms with E-state index in [0.29, 0.717) is 34.4 Å². The predicted molar refractivity (Wildman–Crippen MR) is 138 cm³/mol. The normalized spacial score (nSPS) is 12.1. The van der Waals surface area contributed by atoms with Gasteiger partial charge in [0.25, 0.3) is 0 Å². The highest BCUT2D eigenvalue weighted by Crippen LogP contribution is 2.38. The number of hydrogen-bond donors (Lipinski definition) is 3. The molecule has 1 aromatic carbocycles. The molecule has 0 unspecified atom stereocenters. The number of phosphoric acid groups is 1. The van der Waals surface area contributed by atoms with Crippen LogP contribution in [0, 0.1) is 5.95 Å². The summed E-state index contributed by atoms with van der Waals surface area (Å²) in [7, 11) is -0.909. The maximum absolute atomic E-state index is 13.9. The van der Waals surface area contributed by atoms with Crippen molar-refractivity contribution < 1.29 is 28.1 Å². The van der Waals surface area contributed by atoms with Gasteiger partial charge in [0.15, 0.2) is 0 Å². The minimum atomic E-state index is -4.73. The average molecular weight is 525 g/mol. The number of nitrogens with one attached hydrogen (secondary N) is 1. The number of aromatic nitrogens is 3. The molecule has 0 spiro atoms.